The Kier molecular flexibility index (Phi) is 6.66. The highest BCUT2D eigenvalue weighted by atomic mass is 35.5. The first-order valence-electron chi connectivity index (χ1n) is 10.3. The van der Waals surface area contributed by atoms with E-state index < -0.39 is 11.7 Å². The van der Waals surface area contributed by atoms with Crippen molar-refractivity contribution in [3.8, 4) is 0 Å². The van der Waals surface area contributed by atoms with Gasteiger partial charge in [0.15, 0.2) is 5.65 Å². The number of pyridine rings is 1. The number of nitrogens with one attached hydrogen (secondary N) is 1. The van der Waals surface area contributed by atoms with Crippen LogP contribution in [-0.4, -0.2) is 26.2 Å². The molecular weight excluding hydrogens is 400 g/mol. The van der Waals surface area contributed by atoms with Crippen LogP contribution >= 0.6 is 11.6 Å². The lowest BCUT2D eigenvalue weighted by atomic mass is 10.2. The maximum absolute atomic E-state index is 12.2. The van der Waals surface area contributed by atoms with E-state index in [4.69, 9.17) is 26.3 Å². The molecule has 1 aromatic carbocycles. The number of rotatable bonds is 6. The lowest BCUT2D eigenvalue weighted by molar-refractivity contribution is 0.0635. The number of carbonyl (C=O) groups excluding carboxylic acids is 1. The number of amides is 1. The third kappa shape index (κ3) is 5.30. The number of hydrogen-bond donors (Lipinski definition) is 1. The number of aromatic nitrogens is 3. The summed E-state index contributed by atoms with van der Waals surface area (Å²) < 4.78 is 7.49. The minimum atomic E-state index is -0.570. The minimum Gasteiger partial charge on any atom is -0.444 e. The first-order chi connectivity index (χ1) is 14.2. The van der Waals surface area contributed by atoms with Crippen molar-refractivity contribution in [2.75, 3.05) is 5.32 Å². The third-order valence-electron chi connectivity index (χ3n) is 4.67. The van der Waals surface area contributed by atoms with Crippen molar-refractivity contribution in [1.82, 2.24) is 14.5 Å². The molecule has 2 aromatic heterocycles. The van der Waals surface area contributed by atoms with Crippen molar-refractivity contribution >= 4 is 34.5 Å². The molecule has 2 heterocycles. The quantitative estimate of drug-likeness (QED) is 0.512. The monoisotopic (exact) mass is 428 g/mol. The first kappa shape index (κ1) is 22.1. The van der Waals surface area contributed by atoms with Crippen LogP contribution in [0.2, 0.25) is 5.02 Å². The van der Waals surface area contributed by atoms with E-state index in [0.717, 1.165) is 46.8 Å². The van der Waals surface area contributed by atoms with Crippen LogP contribution in [0.5, 0.6) is 0 Å². The zero-order valence-corrected chi connectivity index (χ0v) is 19.0. The van der Waals surface area contributed by atoms with Crippen molar-refractivity contribution in [3.63, 3.8) is 0 Å². The van der Waals surface area contributed by atoms with E-state index in [0.29, 0.717) is 17.9 Å². The second-order valence-corrected chi connectivity index (χ2v) is 8.81. The molecule has 0 bridgehead atoms. The number of carbonyl (C=O) groups is 1. The summed E-state index contributed by atoms with van der Waals surface area (Å²) in [6.45, 7) is 10.1. The third-order valence-corrected chi connectivity index (χ3v) is 5.03. The molecule has 7 heteroatoms. The first-order valence-corrected chi connectivity index (χ1v) is 10.7. The second kappa shape index (κ2) is 9.04. The van der Waals surface area contributed by atoms with E-state index >= 15 is 0 Å². The van der Waals surface area contributed by atoms with E-state index in [1.165, 1.54) is 0 Å². The Balaban J connectivity index is 1.99. The summed E-state index contributed by atoms with van der Waals surface area (Å²) in [6, 6.07) is 9.67. The van der Waals surface area contributed by atoms with Crippen LogP contribution < -0.4 is 5.32 Å². The average Bonchev–Trinajstić information content (AvgIpc) is 2.97. The maximum Gasteiger partial charge on any atom is 0.412 e. The van der Waals surface area contributed by atoms with E-state index in [1.807, 2.05) is 58.0 Å². The standard InChI is InChI=1S/C23H29ClN4O2/c1-6-7-12-20-26-19-13-18(27-22(29)30-23(3,4)5)15(2)25-21(19)28(20)14-16-10-8-9-11-17(16)24/h8-11,13H,6-7,12,14H2,1-5H3,(H,27,29). The molecule has 30 heavy (non-hydrogen) atoms. The fourth-order valence-electron chi connectivity index (χ4n) is 3.21. The van der Waals surface area contributed by atoms with Crippen molar-refractivity contribution in [2.45, 2.75) is 66.0 Å². The molecule has 1 N–H and O–H groups in total. The summed E-state index contributed by atoms with van der Waals surface area (Å²) in [6.07, 6.45) is 2.46. The Morgan fingerprint density at radius 2 is 1.97 bits per heavy atom. The van der Waals surface area contributed by atoms with Gasteiger partial charge in [-0.1, -0.05) is 43.1 Å². The minimum absolute atomic E-state index is 0.506. The number of benzene rings is 1. The predicted molar refractivity (Wildman–Crippen MR) is 121 cm³/mol. The Morgan fingerprint density at radius 1 is 1.23 bits per heavy atom. The number of aryl methyl sites for hydroxylation is 2. The molecule has 0 saturated heterocycles. The Hall–Kier alpha value is -2.60. The molecule has 0 aliphatic carbocycles. The molecule has 1 amide bonds. The smallest absolute Gasteiger partial charge is 0.412 e. The highest BCUT2D eigenvalue weighted by molar-refractivity contribution is 6.31. The van der Waals surface area contributed by atoms with Crippen LogP contribution in [0, 0.1) is 6.92 Å². The number of halogens is 1. The van der Waals surface area contributed by atoms with E-state index in [-0.39, 0.29) is 0 Å². The van der Waals surface area contributed by atoms with Gasteiger partial charge < -0.3 is 9.30 Å². The Bertz CT molecular complexity index is 1050. The molecule has 0 atom stereocenters. The molecule has 3 aromatic rings. The van der Waals surface area contributed by atoms with Gasteiger partial charge in [-0.05, 0) is 51.8 Å². The van der Waals surface area contributed by atoms with Crippen molar-refractivity contribution < 1.29 is 9.53 Å². The molecule has 0 saturated carbocycles. The van der Waals surface area contributed by atoms with E-state index in [2.05, 4.69) is 16.8 Å². The fourth-order valence-corrected chi connectivity index (χ4v) is 3.41. The molecule has 0 radical (unpaired) electrons. The van der Waals surface area contributed by atoms with Gasteiger partial charge in [0.05, 0.1) is 17.9 Å². The normalized spacial score (nSPS) is 11.7. The van der Waals surface area contributed by atoms with Crippen molar-refractivity contribution in [1.29, 1.82) is 0 Å². The topological polar surface area (TPSA) is 69.0 Å². The van der Waals surface area contributed by atoms with Gasteiger partial charge in [0.25, 0.3) is 0 Å². The van der Waals surface area contributed by atoms with Crippen LogP contribution in [0.1, 0.15) is 57.6 Å². The molecule has 3 rings (SSSR count). The highest BCUT2D eigenvalue weighted by Crippen LogP contribution is 2.25. The van der Waals surface area contributed by atoms with Gasteiger partial charge in [0.1, 0.15) is 16.9 Å². The van der Waals surface area contributed by atoms with Gasteiger partial charge in [0.2, 0.25) is 0 Å². The molecule has 0 unspecified atom stereocenters. The molecule has 0 fully saturated rings. The number of ether oxygens (including phenoxy) is 1. The van der Waals surface area contributed by atoms with Gasteiger partial charge in [-0.3, -0.25) is 5.32 Å². The number of unbranched alkanes of at least 4 members (excludes halogenated alkanes) is 1. The van der Waals surface area contributed by atoms with Gasteiger partial charge >= 0.3 is 6.09 Å². The molecule has 160 valence electrons. The van der Waals surface area contributed by atoms with Gasteiger partial charge in [0, 0.05) is 11.4 Å². The van der Waals surface area contributed by atoms with Crippen LogP contribution in [0.25, 0.3) is 11.2 Å². The zero-order valence-electron chi connectivity index (χ0n) is 18.3. The Labute approximate surface area is 182 Å². The largest absolute Gasteiger partial charge is 0.444 e. The number of imidazole rings is 1. The summed E-state index contributed by atoms with van der Waals surface area (Å²) in [4.78, 5) is 21.8. The number of fused-ring (bicyclic) bond motifs is 1. The maximum atomic E-state index is 12.2. The van der Waals surface area contributed by atoms with Gasteiger partial charge in [-0.2, -0.15) is 0 Å². The zero-order chi connectivity index (χ0) is 21.9. The van der Waals surface area contributed by atoms with Gasteiger partial charge in [-0.15, -0.1) is 0 Å². The van der Waals surface area contributed by atoms with E-state index in [9.17, 15) is 4.79 Å². The molecular formula is C23H29ClN4O2. The summed E-state index contributed by atoms with van der Waals surface area (Å²) in [5.41, 5.74) is 3.28. The summed E-state index contributed by atoms with van der Waals surface area (Å²) in [7, 11) is 0. The van der Waals surface area contributed by atoms with Crippen LogP contribution in [0.15, 0.2) is 30.3 Å². The predicted octanol–water partition coefficient (Wildman–Crippen LogP) is 6.13. The molecule has 0 spiro atoms. The lowest BCUT2D eigenvalue weighted by Crippen LogP contribution is -2.27. The van der Waals surface area contributed by atoms with Crippen LogP contribution in [0.3, 0.4) is 0 Å². The van der Waals surface area contributed by atoms with Crippen LogP contribution in [0.4, 0.5) is 10.5 Å². The summed E-state index contributed by atoms with van der Waals surface area (Å²) >= 11 is 6.40. The molecule has 6 nitrogen and oxygen atoms in total. The van der Waals surface area contributed by atoms with Crippen molar-refractivity contribution in [2.24, 2.45) is 0 Å². The van der Waals surface area contributed by atoms with Gasteiger partial charge in [-0.25, -0.2) is 14.8 Å². The van der Waals surface area contributed by atoms with Crippen LogP contribution in [-0.2, 0) is 17.7 Å². The average molecular weight is 429 g/mol. The summed E-state index contributed by atoms with van der Waals surface area (Å²) in [5.74, 6) is 0.966. The molecule has 0 aliphatic heterocycles. The van der Waals surface area contributed by atoms with E-state index in [1.54, 1.807) is 0 Å². The SMILES string of the molecule is CCCCc1nc2cc(NC(=O)OC(C)(C)C)c(C)nc2n1Cc1ccccc1Cl. The lowest BCUT2D eigenvalue weighted by Gasteiger charge is -2.20. The molecule has 0 aliphatic rings. The van der Waals surface area contributed by atoms with Crippen molar-refractivity contribution in [3.05, 3.63) is 52.4 Å². The second-order valence-electron chi connectivity index (χ2n) is 8.40. The number of hydrogen-bond acceptors (Lipinski definition) is 4. The highest BCUT2D eigenvalue weighted by Gasteiger charge is 2.19. The number of anilines is 1. The summed E-state index contributed by atoms with van der Waals surface area (Å²) in [5, 5.41) is 3.52. The fraction of sp³-hybridized carbons (Fsp3) is 0.435. The number of nitrogens with zero attached hydrogens (tertiary/aromatic N) is 3. The Morgan fingerprint density at radius 3 is 2.63 bits per heavy atom.